The van der Waals surface area contributed by atoms with Crippen molar-refractivity contribution < 1.29 is 13.2 Å². The molecule has 0 bridgehead atoms. The van der Waals surface area contributed by atoms with E-state index in [1.807, 2.05) is 18.2 Å². The molecule has 1 heterocycles. The van der Waals surface area contributed by atoms with E-state index in [0.29, 0.717) is 19.4 Å². The standard InChI is InChI=1S/C23H26N2O3S/c1-2-29(27,28)25-15-7-8-17(25)16-24-23(26)14-13-22-20-11-5-3-9-18(20)19-10-4-6-12-21(19)22/h3-7,9-12,15,17,22H,2,8,13-14,16H2,1H3,(H,24,26). The van der Waals surface area contributed by atoms with Gasteiger partial charge < -0.3 is 5.32 Å². The first-order chi connectivity index (χ1) is 14.0. The lowest BCUT2D eigenvalue weighted by Crippen LogP contribution is -2.42. The molecular weight excluding hydrogens is 384 g/mol. The van der Waals surface area contributed by atoms with Crippen molar-refractivity contribution in [2.45, 2.75) is 38.1 Å². The third kappa shape index (κ3) is 3.81. The van der Waals surface area contributed by atoms with Gasteiger partial charge in [0.2, 0.25) is 15.9 Å². The fraction of sp³-hybridized carbons (Fsp3) is 0.348. The van der Waals surface area contributed by atoms with Crippen LogP contribution in [0.25, 0.3) is 11.1 Å². The van der Waals surface area contributed by atoms with Crippen LogP contribution in [0.2, 0.25) is 0 Å². The zero-order valence-corrected chi connectivity index (χ0v) is 17.4. The molecule has 2 aromatic rings. The van der Waals surface area contributed by atoms with Gasteiger partial charge in [-0.3, -0.25) is 9.10 Å². The zero-order chi connectivity index (χ0) is 20.4. The maximum Gasteiger partial charge on any atom is 0.234 e. The van der Waals surface area contributed by atoms with Gasteiger partial charge in [0.05, 0.1) is 11.8 Å². The van der Waals surface area contributed by atoms with Crippen molar-refractivity contribution in [2.75, 3.05) is 12.3 Å². The van der Waals surface area contributed by atoms with Crippen LogP contribution in [0.5, 0.6) is 0 Å². The van der Waals surface area contributed by atoms with E-state index < -0.39 is 10.0 Å². The normalized spacial score (nSPS) is 18.0. The van der Waals surface area contributed by atoms with Crippen molar-refractivity contribution in [3.05, 3.63) is 71.9 Å². The fourth-order valence-electron chi connectivity index (χ4n) is 4.36. The third-order valence-corrected chi connectivity index (χ3v) is 7.66. The number of sulfonamides is 1. The fourth-order valence-corrected chi connectivity index (χ4v) is 5.54. The Bertz CT molecular complexity index is 1000. The first-order valence-electron chi connectivity index (χ1n) is 10.1. The molecular formula is C23H26N2O3S. The monoisotopic (exact) mass is 410 g/mol. The van der Waals surface area contributed by atoms with E-state index in [1.54, 1.807) is 13.1 Å². The van der Waals surface area contributed by atoms with Crippen molar-refractivity contribution in [3.63, 3.8) is 0 Å². The SMILES string of the molecule is CCS(=O)(=O)N1C=CCC1CNC(=O)CCC1c2ccccc2-c2ccccc21. The van der Waals surface area contributed by atoms with E-state index in [2.05, 4.69) is 41.7 Å². The summed E-state index contributed by atoms with van der Waals surface area (Å²) in [6.07, 6.45) is 5.23. The average molecular weight is 411 g/mol. The van der Waals surface area contributed by atoms with Crippen molar-refractivity contribution >= 4 is 15.9 Å². The number of amides is 1. The van der Waals surface area contributed by atoms with Gasteiger partial charge in [0.1, 0.15) is 0 Å². The molecule has 0 aromatic heterocycles. The highest BCUT2D eigenvalue weighted by Crippen LogP contribution is 2.46. The molecule has 2 aliphatic rings. The summed E-state index contributed by atoms with van der Waals surface area (Å²) in [5, 5.41) is 2.94. The molecule has 0 fully saturated rings. The smallest absolute Gasteiger partial charge is 0.234 e. The second-order valence-corrected chi connectivity index (χ2v) is 9.74. The molecule has 1 unspecified atom stereocenters. The van der Waals surface area contributed by atoms with Crippen LogP contribution in [0, 0.1) is 0 Å². The van der Waals surface area contributed by atoms with Crippen LogP contribution in [0.3, 0.4) is 0 Å². The lowest BCUT2D eigenvalue weighted by atomic mass is 9.92. The van der Waals surface area contributed by atoms with Crippen LogP contribution in [0.15, 0.2) is 60.8 Å². The average Bonchev–Trinajstić information content (AvgIpc) is 3.34. The molecule has 2 aromatic carbocycles. The van der Waals surface area contributed by atoms with Crippen LogP contribution >= 0.6 is 0 Å². The second-order valence-electron chi connectivity index (χ2n) is 7.57. The summed E-state index contributed by atoms with van der Waals surface area (Å²) in [6.45, 7) is 1.97. The Morgan fingerprint density at radius 3 is 2.31 bits per heavy atom. The third-order valence-electron chi connectivity index (χ3n) is 5.86. The summed E-state index contributed by atoms with van der Waals surface area (Å²) in [7, 11) is -3.29. The number of fused-ring (bicyclic) bond motifs is 3. The Hall–Kier alpha value is -2.60. The van der Waals surface area contributed by atoms with E-state index in [4.69, 9.17) is 0 Å². The summed E-state index contributed by atoms with van der Waals surface area (Å²) < 4.78 is 25.7. The van der Waals surface area contributed by atoms with Gasteiger partial charge in [-0.1, -0.05) is 54.6 Å². The summed E-state index contributed by atoms with van der Waals surface area (Å²) in [5.74, 6) is 0.244. The van der Waals surface area contributed by atoms with Crippen LogP contribution in [0.1, 0.15) is 43.2 Å². The molecule has 1 amide bonds. The highest BCUT2D eigenvalue weighted by Gasteiger charge is 2.30. The topological polar surface area (TPSA) is 66.5 Å². The summed E-state index contributed by atoms with van der Waals surface area (Å²) >= 11 is 0. The van der Waals surface area contributed by atoms with Crippen LogP contribution in [-0.2, 0) is 14.8 Å². The Morgan fingerprint density at radius 1 is 1.07 bits per heavy atom. The zero-order valence-electron chi connectivity index (χ0n) is 16.5. The number of rotatable bonds is 7. The molecule has 5 nitrogen and oxygen atoms in total. The molecule has 1 aliphatic heterocycles. The number of carbonyl (C=O) groups is 1. The summed E-state index contributed by atoms with van der Waals surface area (Å²) in [4.78, 5) is 12.5. The minimum atomic E-state index is -3.29. The maximum atomic E-state index is 12.5. The molecule has 0 spiro atoms. The van der Waals surface area contributed by atoms with Crippen molar-refractivity contribution in [3.8, 4) is 11.1 Å². The van der Waals surface area contributed by atoms with Crippen LogP contribution in [0.4, 0.5) is 0 Å². The molecule has 0 saturated carbocycles. The number of nitrogens with zero attached hydrogens (tertiary/aromatic N) is 1. The van der Waals surface area contributed by atoms with E-state index in [9.17, 15) is 13.2 Å². The molecule has 29 heavy (non-hydrogen) atoms. The number of hydrogen-bond acceptors (Lipinski definition) is 3. The number of hydrogen-bond donors (Lipinski definition) is 1. The number of nitrogens with one attached hydrogen (secondary N) is 1. The van der Waals surface area contributed by atoms with Gasteiger partial charge in [-0.2, -0.15) is 0 Å². The van der Waals surface area contributed by atoms with Crippen LogP contribution in [-0.4, -0.2) is 37.0 Å². The minimum absolute atomic E-state index is 0.0346. The molecule has 0 saturated heterocycles. The Balaban J connectivity index is 1.37. The lowest BCUT2D eigenvalue weighted by Gasteiger charge is -2.25. The summed E-state index contributed by atoms with van der Waals surface area (Å²) in [5.41, 5.74) is 5.07. The maximum absolute atomic E-state index is 12.5. The quantitative estimate of drug-likeness (QED) is 0.758. The lowest BCUT2D eigenvalue weighted by molar-refractivity contribution is -0.121. The molecule has 152 valence electrons. The van der Waals surface area contributed by atoms with Gasteiger partial charge in [0.15, 0.2) is 0 Å². The first-order valence-corrected chi connectivity index (χ1v) is 11.7. The summed E-state index contributed by atoms with van der Waals surface area (Å²) in [6, 6.07) is 16.6. The van der Waals surface area contributed by atoms with Crippen molar-refractivity contribution in [2.24, 2.45) is 0 Å². The Labute approximate surface area is 172 Å². The largest absolute Gasteiger partial charge is 0.354 e. The Kier molecular flexibility index (Phi) is 5.46. The molecule has 0 radical (unpaired) electrons. The molecule has 1 atom stereocenters. The highest BCUT2D eigenvalue weighted by atomic mass is 32.2. The molecule has 1 N–H and O–H groups in total. The van der Waals surface area contributed by atoms with Gasteiger partial charge in [-0.25, -0.2) is 8.42 Å². The molecule has 4 rings (SSSR count). The Morgan fingerprint density at radius 2 is 1.69 bits per heavy atom. The van der Waals surface area contributed by atoms with Gasteiger partial charge in [-0.05, 0) is 42.0 Å². The van der Waals surface area contributed by atoms with E-state index in [-0.39, 0.29) is 23.6 Å². The number of benzene rings is 2. The van der Waals surface area contributed by atoms with Gasteiger partial charge in [0.25, 0.3) is 0 Å². The second kappa shape index (κ2) is 8.03. The number of carbonyl (C=O) groups excluding carboxylic acids is 1. The van der Waals surface area contributed by atoms with E-state index >= 15 is 0 Å². The van der Waals surface area contributed by atoms with Crippen molar-refractivity contribution in [1.29, 1.82) is 0 Å². The van der Waals surface area contributed by atoms with Crippen LogP contribution < -0.4 is 5.32 Å². The van der Waals surface area contributed by atoms with Gasteiger partial charge >= 0.3 is 0 Å². The van der Waals surface area contributed by atoms with Gasteiger partial charge in [-0.15, -0.1) is 0 Å². The van der Waals surface area contributed by atoms with Gasteiger partial charge in [0, 0.05) is 25.1 Å². The molecule has 1 aliphatic carbocycles. The van der Waals surface area contributed by atoms with E-state index in [0.717, 1.165) is 6.42 Å². The minimum Gasteiger partial charge on any atom is -0.354 e. The van der Waals surface area contributed by atoms with Crippen molar-refractivity contribution in [1.82, 2.24) is 9.62 Å². The highest BCUT2D eigenvalue weighted by molar-refractivity contribution is 7.89. The predicted octanol–water partition coefficient (Wildman–Crippen LogP) is 3.63. The predicted molar refractivity (Wildman–Crippen MR) is 115 cm³/mol. The first kappa shape index (κ1) is 19.7. The molecule has 6 heteroatoms. The van der Waals surface area contributed by atoms with E-state index in [1.165, 1.54) is 26.6 Å².